The normalized spacial score (nSPS) is 15.2. The van der Waals surface area contributed by atoms with E-state index < -0.39 is 0 Å². The Morgan fingerprint density at radius 2 is 1.92 bits per heavy atom. The van der Waals surface area contributed by atoms with Gasteiger partial charge in [-0.3, -0.25) is 9.59 Å². The van der Waals surface area contributed by atoms with E-state index in [0.29, 0.717) is 37.5 Å². The van der Waals surface area contributed by atoms with E-state index in [-0.39, 0.29) is 17.7 Å². The molecular weight excluding hydrogens is 318 g/mol. The van der Waals surface area contributed by atoms with Gasteiger partial charge < -0.3 is 14.7 Å². The highest BCUT2D eigenvalue weighted by atomic mass is 16.5. The molecule has 1 fully saturated rings. The molecule has 0 radical (unpaired) electrons. The second-order valence-corrected chi connectivity index (χ2v) is 6.63. The van der Waals surface area contributed by atoms with Crippen LogP contribution in [-0.4, -0.2) is 35.0 Å². The Morgan fingerprint density at radius 3 is 2.56 bits per heavy atom. The van der Waals surface area contributed by atoms with Crippen molar-refractivity contribution in [2.75, 3.05) is 18.4 Å². The van der Waals surface area contributed by atoms with Gasteiger partial charge in [0, 0.05) is 30.6 Å². The van der Waals surface area contributed by atoms with Crippen molar-refractivity contribution >= 4 is 17.6 Å². The lowest BCUT2D eigenvalue weighted by Crippen LogP contribution is -2.41. The summed E-state index contributed by atoms with van der Waals surface area (Å²) in [6, 6.07) is 7.48. The minimum Gasteiger partial charge on any atom is -0.360 e. The summed E-state index contributed by atoms with van der Waals surface area (Å²) in [5.41, 5.74) is 2.89. The van der Waals surface area contributed by atoms with Gasteiger partial charge in [0.05, 0.1) is 0 Å². The van der Waals surface area contributed by atoms with Gasteiger partial charge in [-0.15, -0.1) is 0 Å². The average molecular weight is 341 g/mol. The van der Waals surface area contributed by atoms with Crippen molar-refractivity contribution in [3.05, 3.63) is 46.7 Å². The van der Waals surface area contributed by atoms with E-state index in [1.807, 2.05) is 36.9 Å². The molecule has 6 heteroatoms. The molecule has 0 saturated carbocycles. The smallest absolute Gasteiger partial charge is 0.254 e. The van der Waals surface area contributed by atoms with Gasteiger partial charge in [0.15, 0.2) is 5.82 Å². The molecule has 2 aromatic rings. The van der Waals surface area contributed by atoms with E-state index in [1.165, 1.54) is 0 Å². The van der Waals surface area contributed by atoms with Crippen molar-refractivity contribution in [3.8, 4) is 0 Å². The molecule has 0 unspecified atom stereocenters. The first-order chi connectivity index (χ1) is 12.0. The molecule has 2 heterocycles. The summed E-state index contributed by atoms with van der Waals surface area (Å²) in [5.74, 6) is 0.972. The van der Waals surface area contributed by atoms with Gasteiger partial charge >= 0.3 is 0 Å². The maximum absolute atomic E-state index is 12.7. The van der Waals surface area contributed by atoms with Crippen molar-refractivity contribution in [3.63, 3.8) is 0 Å². The van der Waals surface area contributed by atoms with Crippen LogP contribution in [0.3, 0.4) is 0 Å². The Balaban J connectivity index is 1.58. The first-order valence-electron chi connectivity index (χ1n) is 8.55. The third kappa shape index (κ3) is 3.73. The van der Waals surface area contributed by atoms with Gasteiger partial charge in [-0.25, -0.2) is 0 Å². The summed E-state index contributed by atoms with van der Waals surface area (Å²) < 4.78 is 4.95. The van der Waals surface area contributed by atoms with Crippen molar-refractivity contribution in [1.29, 1.82) is 0 Å². The summed E-state index contributed by atoms with van der Waals surface area (Å²) in [7, 11) is 0. The predicted octanol–water partition coefficient (Wildman–Crippen LogP) is 3.09. The summed E-state index contributed by atoms with van der Waals surface area (Å²) in [5, 5.41) is 6.56. The first-order valence-corrected chi connectivity index (χ1v) is 8.55. The molecule has 1 aliphatic heterocycles. The summed E-state index contributed by atoms with van der Waals surface area (Å²) >= 11 is 0. The van der Waals surface area contributed by atoms with Crippen LogP contribution in [-0.2, 0) is 4.79 Å². The summed E-state index contributed by atoms with van der Waals surface area (Å²) in [6.07, 6.45) is 1.30. The number of aryl methyl sites for hydroxylation is 2. The molecule has 0 aliphatic carbocycles. The van der Waals surface area contributed by atoms with Crippen LogP contribution in [0.5, 0.6) is 0 Å². The molecule has 3 rings (SSSR count). The topological polar surface area (TPSA) is 75.4 Å². The number of likely N-dealkylation sites (tertiary alicyclic amines) is 1. The number of benzene rings is 1. The highest BCUT2D eigenvalue weighted by molar-refractivity contribution is 5.96. The number of carbonyl (C=O) groups is 2. The first kappa shape index (κ1) is 17.2. The minimum atomic E-state index is -0.111. The highest BCUT2D eigenvalue weighted by Crippen LogP contribution is 2.22. The summed E-state index contributed by atoms with van der Waals surface area (Å²) in [6.45, 7) is 6.93. The van der Waals surface area contributed by atoms with Crippen LogP contribution in [0.15, 0.2) is 28.8 Å². The van der Waals surface area contributed by atoms with Crippen LogP contribution < -0.4 is 5.32 Å². The van der Waals surface area contributed by atoms with Crippen molar-refractivity contribution < 1.29 is 14.1 Å². The Bertz CT molecular complexity index is 789. The molecule has 2 amide bonds. The molecule has 1 aromatic carbocycles. The van der Waals surface area contributed by atoms with E-state index in [2.05, 4.69) is 10.5 Å². The molecule has 6 nitrogen and oxygen atoms in total. The number of nitrogens with one attached hydrogen (secondary N) is 1. The van der Waals surface area contributed by atoms with Gasteiger partial charge in [0.1, 0.15) is 5.76 Å². The van der Waals surface area contributed by atoms with Crippen LogP contribution >= 0.6 is 0 Å². The Hall–Kier alpha value is -2.63. The zero-order chi connectivity index (χ0) is 18.0. The number of rotatable bonds is 3. The van der Waals surface area contributed by atoms with Gasteiger partial charge in [0.2, 0.25) is 5.91 Å². The van der Waals surface area contributed by atoms with Crippen LogP contribution in [0.1, 0.15) is 40.1 Å². The van der Waals surface area contributed by atoms with Gasteiger partial charge in [-0.2, -0.15) is 0 Å². The fourth-order valence-electron chi connectivity index (χ4n) is 3.15. The zero-order valence-electron chi connectivity index (χ0n) is 14.8. The number of amides is 2. The Kier molecular flexibility index (Phi) is 4.88. The number of hydrogen-bond donors (Lipinski definition) is 1. The van der Waals surface area contributed by atoms with E-state index in [4.69, 9.17) is 4.52 Å². The number of piperidine rings is 1. The third-order valence-electron chi connectivity index (χ3n) is 4.87. The molecule has 1 saturated heterocycles. The number of hydrogen-bond acceptors (Lipinski definition) is 4. The average Bonchev–Trinajstić information content (AvgIpc) is 3.01. The Morgan fingerprint density at radius 1 is 1.20 bits per heavy atom. The second kappa shape index (κ2) is 7.09. The van der Waals surface area contributed by atoms with Crippen LogP contribution in [0.25, 0.3) is 0 Å². The van der Waals surface area contributed by atoms with Gasteiger partial charge in [-0.1, -0.05) is 17.3 Å². The van der Waals surface area contributed by atoms with Gasteiger partial charge in [0.25, 0.3) is 5.91 Å². The van der Waals surface area contributed by atoms with Crippen LogP contribution in [0.2, 0.25) is 0 Å². The zero-order valence-corrected chi connectivity index (χ0v) is 14.8. The van der Waals surface area contributed by atoms with E-state index in [9.17, 15) is 9.59 Å². The largest absolute Gasteiger partial charge is 0.360 e. The molecule has 25 heavy (non-hydrogen) atoms. The fraction of sp³-hybridized carbons (Fsp3) is 0.421. The molecular formula is C19H23N3O3. The molecule has 1 aromatic heterocycles. The standard InChI is InChI=1S/C19H23N3O3/c1-12-5-4-6-16(14(12)3)19(24)22-9-7-15(8-10-22)18(23)20-17-11-13(2)25-21-17/h4-6,11,15H,7-10H2,1-3H3,(H,20,21,23). The van der Waals surface area contributed by atoms with Crippen molar-refractivity contribution in [1.82, 2.24) is 10.1 Å². The van der Waals surface area contributed by atoms with E-state index in [1.54, 1.807) is 13.0 Å². The Labute approximate surface area is 147 Å². The maximum atomic E-state index is 12.7. The molecule has 1 N–H and O–H groups in total. The predicted molar refractivity (Wildman–Crippen MR) is 94.4 cm³/mol. The number of carbonyl (C=O) groups excluding carboxylic acids is 2. The maximum Gasteiger partial charge on any atom is 0.254 e. The highest BCUT2D eigenvalue weighted by Gasteiger charge is 2.28. The SMILES string of the molecule is Cc1cc(NC(=O)C2CCN(C(=O)c3cccc(C)c3C)CC2)no1. The van der Waals surface area contributed by atoms with Gasteiger partial charge in [-0.05, 0) is 50.8 Å². The molecule has 0 atom stereocenters. The van der Waals surface area contributed by atoms with Crippen LogP contribution in [0.4, 0.5) is 5.82 Å². The van der Waals surface area contributed by atoms with E-state index in [0.717, 1.165) is 16.7 Å². The van der Waals surface area contributed by atoms with Crippen molar-refractivity contribution in [2.24, 2.45) is 5.92 Å². The number of nitrogens with zero attached hydrogens (tertiary/aromatic N) is 2. The number of anilines is 1. The third-order valence-corrected chi connectivity index (χ3v) is 4.87. The van der Waals surface area contributed by atoms with E-state index >= 15 is 0 Å². The number of aromatic nitrogens is 1. The second-order valence-electron chi connectivity index (χ2n) is 6.63. The molecule has 0 bridgehead atoms. The molecule has 132 valence electrons. The minimum absolute atomic E-state index is 0.0483. The quantitative estimate of drug-likeness (QED) is 0.931. The fourth-order valence-corrected chi connectivity index (χ4v) is 3.15. The summed E-state index contributed by atoms with van der Waals surface area (Å²) in [4.78, 5) is 26.9. The molecule has 0 spiro atoms. The van der Waals surface area contributed by atoms with Crippen LogP contribution in [0, 0.1) is 26.7 Å². The lowest BCUT2D eigenvalue weighted by Gasteiger charge is -2.31. The lowest BCUT2D eigenvalue weighted by molar-refractivity contribution is -0.121. The molecule has 1 aliphatic rings. The van der Waals surface area contributed by atoms with Crippen molar-refractivity contribution in [2.45, 2.75) is 33.6 Å². The monoisotopic (exact) mass is 341 g/mol. The lowest BCUT2D eigenvalue weighted by atomic mass is 9.94.